The highest BCUT2D eigenvalue weighted by Crippen LogP contribution is 2.30. The molecule has 0 saturated heterocycles. The second-order valence-electron chi connectivity index (χ2n) is 5.71. The van der Waals surface area contributed by atoms with Crippen LogP contribution in [-0.4, -0.2) is 49.1 Å². The standard InChI is InChI=1S/C20H28I2O4.CH2O3/c1-6-7-8-18(21)20(19(22)12-9-15(2)23)26-17(13-14-24-4)11-10-16(3)25-5;2-1(3)4/h8-13,16H,6-7,14H2,1-5H3;(H2,2,3,4)/b11-10-,12-9+,17-13+,18-8+,20-19-;. The SMILES string of the molecule is CCC\C=C(I)/C(OC(/C=C\C(C)OC)=C/COC)=C(I)\C=C\C(C)=O.O=C(O)O. The van der Waals surface area contributed by atoms with Crippen molar-refractivity contribution in [2.24, 2.45) is 0 Å². The third kappa shape index (κ3) is 18.8. The van der Waals surface area contributed by atoms with Crippen LogP contribution in [0.25, 0.3) is 0 Å². The molecule has 2 N–H and O–H groups in total. The Morgan fingerprint density at radius 1 is 1.07 bits per heavy atom. The van der Waals surface area contributed by atoms with Crippen molar-refractivity contribution in [1.82, 2.24) is 0 Å². The van der Waals surface area contributed by atoms with Crippen molar-refractivity contribution in [3.8, 4) is 0 Å². The third-order valence-electron chi connectivity index (χ3n) is 3.08. The lowest BCUT2D eigenvalue weighted by molar-refractivity contribution is -0.112. The van der Waals surface area contributed by atoms with Crippen LogP contribution in [0.2, 0.25) is 0 Å². The Hall–Kier alpha value is -1.18. The smallest absolute Gasteiger partial charge is 0.455 e. The molecule has 1 unspecified atom stereocenters. The molecule has 0 heterocycles. The van der Waals surface area contributed by atoms with Crippen molar-refractivity contribution in [3.63, 3.8) is 0 Å². The largest absolute Gasteiger partial charge is 0.503 e. The summed E-state index contributed by atoms with van der Waals surface area (Å²) in [5.74, 6) is 1.37. The fourth-order valence-corrected chi connectivity index (χ4v) is 3.39. The van der Waals surface area contributed by atoms with Gasteiger partial charge in [0.05, 0.1) is 19.9 Å². The number of hydrogen-bond donors (Lipinski definition) is 2. The van der Waals surface area contributed by atoms with Crippen LogP contribution in [0.1, 0.15) is 33.6 Å². The summed E-state index contributed by atoms with van der Waals surface area (Å²) < 4.78 is 18.4. The van der Waals surface area contributed by atoms with Crippen LogP contribution < -0.4 is 0 Å². The first-order valence-corrected chi connectivity index (χ1v) is 11.2. The molecule has 0 saturated carbocycles. The molecule has 0 spiro atoms. The Morgan fingerprint density at radius 3 is 2.13 bits per heavy atom. The van der Waals surface area contributed by atoms with E-state index in [1.807, 2.05) is 25.2 Å². The van der Waals surface area contributed by atoms with Crippen LogP contribution in [-0.2, 0) is 19.0 Å². The van der Waals surface area contributed by atoms with Crippen LogP contribution in [0, 0.1) is 0 Å². The maximum absolute atomic E-state index is 11.3. The van der Waals surface area contributed by atoms with Gasteiger partial charge in [0.25, 0.3) is 0 Å². The van der Waals surface area contributed by atoms with Crippen molar-refractivity contribution in [3.05, 3.63) is 55.1 Å². The van der Waals surface area contributed by atoms with E-state index in [1.165, 1.54) is 13.0 Å². The lowest BCUT2D eigenvalue weighted by Gasteiger charge is -2.13. The minimum atomic E-state index is -1.83. The number of halogens is 2. The number of carboxylic acid groups (broad SMARTS) is 2. The number of methoxy groups -OCH3 is 2. The Bertz CT molecular complexity index is 673. The summed E-state index contributed by atoms with van der Waals surface area (Å²) in [5, 5.41) is 13.9. The number of carbonyl (C=O) groups excluding carboxylic acids is 1. The first-order valence-electron chi connectivity index (χ1n) is 9.03. The molecule has 0 rings (SSSR count). The highest BCUT2D eigenvalue weighted by Gasteiger charge is 2.11. The highest BCUT2D eigenvalue weighted by atomic mass is 127. The summed E-state index contributed by atoms with van der Waals surface area (Å²) >= 11 is 4.45. The summed E-state index contributed by atoms with van der Waals surface area (Å²) in [5.41, 5.74) is 0. The van der Waals surface area contributed by atoms with Gasteiger partial charge in [-0.3, -0.25) is 4.79 Å². The molecule has 0 radical (unpaired) electrons. The first kappa shape index (κ1) is 31.0. The van der Waals surface area contributed by atoms with Crippen LogP contribution in [0.3, 0.4) is 0 Å². The van der Waals surface area contributed by atoms with Gasteiger partial charge in [0, 0.05) is 14.2 Å². The summed E-state index contributed by atoms with van der Waals surface area (Å²) in [6, 6.07) is 0. The number of allylic oxidation sites excluding steroid dienone is 6. The fourth-order valence-electron chi connectivity index (χ4n) is 1.58. The average molecular weight is 648 g/mol. The Kier molecular flexibility index (Phi) is 20.4. The van der Waals surface area contributed by atoms with Gasteiger partial charge in [0.2, 0.25) is 0 Å². The van der Waals surface area contributed by atoms with E-state index < -0.39 is 6.16 Å². The maximum atomic E-state index is 11.3. The summed E-state index contributed by atoms with van der Waals surface area (Å²) in [4.78, 5) is 19.8. The average Bonchev–Trinajstić information content (AvgIpc) is 2.68. The van der Waals surface area contributed by atoms with Gasteiger partial charge in [-0.15, -0.1) is 0 Å². The molecular formula is C21H30I2O7. The zero-order valence-electron chi connectivity index (χ0n) is 17.9. The van der Waals surface area contributed by atoms with Crippen LogP contribution >= 0.6 is 45.2 Å². The van der Waals surface area contributed by atoms with Crippen LogP contribution in [0.4, 0.5) is 4.79 Å². The van der Waals surface area contributed by atoms with E-state index in [2.05, 4.69) is 58.2 Å². The predicted molar refractivity (Wildman–Crippen MR) is 135 cm³/mol. The van der Waals surface area contributed by atoms with Crippen molar-refractivity contribution >= 4 is 57.1 Å². The molecule has 0 aromatic rings. The van der Waals surface area contributed by atoms with E-state index in [4.69, 9.17) is 29.2 Å². The topological polar surface area (TPSA) is 102 Å². The van der Waals surface area contributed by atoms with Gasteiger partial charge in [-0.25, -0.2) is 4.79 Å². The van der Waals surface area contributed by atoms with E-state index in [0.29, 0.717) is 18.1 Å². The zero-order chi connectivity index (χ0) is 23.5. The van der Waals surface area contributed by atoms with E-state index in [9.17, 15) is 4.79 Å². The number of ketones is 1. The number of unbranched alkanes of at least 4 members (excludes halogenated alkanes) is 1. The van der Waals surface area contributed by atoms with E-state index in [0.717, 1.165) is 20.0 Å². The van der Waals surface area contributed by atoms with Gasteiger partial charge >= 0.3 is 6.16 Å². The highest BCUT2D eigenvalue weighted by molar-refractivity contribution is 14.1. The third-order valence-corrected chi connectivity index (χ3v) is 4.86. The number of carbonyl (C=O) groups is 2. The lowest BCUT2D eigenvalue weighted by Crippen LogP contribution is -2.01. The molecule has 30 heavy (non-hydrogen) atoms. The van der Waals surface area contributed by atoms with Crippen molar-refractivity contribution < 1.29 is 34.0 Å². The molecule has 0 aromatic carbocycles. The molecule has 7 nitrogen and oxygen atoms in total. The molecule has 0 aromatic heterocycles. The molecule has 0 aliphatic rings. The minimum Gasteiger partial charge on any atom is -0.455 e. The molecule has 9 heteroatoms. The van der Waals surface area contributed by atoms with Gasteiger partial charge in [-0.1, -0.05) is 25.5 Å². The van der Waals surface area contributed by atoms with Gasteiger partial charge < -0.3 is 24.4 Å². The second-order valence-corrected chi connectivity index (χ2v) is 8.03. The predicted octanol–water partition coefficient (Wildman–Crippen LogP) is 6.26. The molecular weight excluding hydrogens is 618 g/mol. The van der Waals surface area contributed by atoms with E-state index in [1.54, 1.807) is 20.3 Å². The summed E-state index contributed by atoms with van der Waals surface area (Å²) in [6.45, 7) is 6.04. The summed E-state index contributed by atoms with van der Waals surface area (Å²) in [7, 11) is 3.29. The van der Waals surface area contributed by atoms with Crippen molar-refractivity contribution in [1.29, 1.82) is 0 Å². The molecule has 0 aliphatic carbocycles. The van der Waals surface area contributed by atoms with Gasteiger partial charge in [-0.2, -0.15) is 0 Å². The first-order chi connectivity index (χ1) is 14.1. The minimum absolute atomic E-state index is 0.00461. The quantitative estimate of drug-likeness (QED) is 0.112. The fraction of sp³-hybridized carbons (Fsp3) is 0.429. The van der Waals surface area contributed by atoms with E-state index in [-0.39, 0.29) is 11.9 Å². The monoisotopic (exact) mass is 648 g/mol. The lowest BCUT2D eigenvalue weighted by atomic mass is 10.2. The normalized spacial score (nSPS) is 14.2. The Labute approximate surface area is 205 Å². The molecule has 170 valence electrons. The van der Waals surface area contributed by atoms with Crippen LogP contribution in [0.15, 0.2) is 55.1 Å². The van der Waals surface area contributed by atoms with Crippen molar-refractivity contribution in [2.45, 2.75) is 39.7 Å². The molecule has 0 aliphatic heterocycles. The van der Waals surface area contributed by atoms with Crippen molar-refractivity contribution in [2.75, 3.05) is 20.8 Å². The molecule has 0 bridgehead atoms. The van der Waals surface area contributed by atoms with E-state index >= 15 is 0 Å². The number of hydrogen-bond acceptors (Lipinski definition) is 5. The van der Waals surface area contributed by atoms with Crippen LogP contribution in [0.5, 0.6) is 0 Å². The molecule has 0 fully saturated rings. The molecule has 0 amide bonds. The maximum Gasteiger partial charge on any atom is 0.503 e. The summed E-state index contributed by atoms with van der Waals surface area (Å²) in [6.07, 6.45) is 11.2. The van der Waals surface area contributed by atoms with Gasteiger partial charge in [-0.05, 0) is 89.8 Å². The zero-order valence-corrected chi connectivity index (χ0v) is 22.2. The molecule has 1 atom stereocenters. The number of rotatable bonds is 12. The van der Waals surface area contributed by atoms with Gasteiger partial charge in [0.15, 0.2) is 11.5 Å². The second kappa shape index (κ2) is 19.8. The Morgan fingerprint density at radius 2 is 1.67 bits per heavy atom. The van der Waals surface area contributed by atoms with Gasteiger partial charge in [0.1, 0.15) is 5.76 Å². The Balaban J connectivity index is 0. The number of ether oxygens (including phenoxy) is 3.